The molecule has 1 fully saturated rings. The first-order valence-corrected chi connectivity index (χ1v) is 10.5. The van der Waals surface area contributed by atoms with Crippen LogP contribution in [0.2, 0.25) is 5.02 Å². The molecule has 30 heavy (non-hydrogen) atoms. The van der Waals surface area contributed by atoms with Crippen molar-refractivity contribution in [3.63, 3.8) is 0 Å². The Morgan fingerprint density at radius 2 is 1.97 bits per heavy atom. The molecular formula is C23H29ClO6. The number of aliphatic hydroxyl groups excluding tert-OH is 2. The van der Waals surface area contributed by atoms with Gasteiger partial charge in [0.2, 0.25) is 0 Å². The van der Waals surface area contributed by atoms with Crippen LogP contribution in [0.3, 0.4) is 0 Å². The van der Waals surface area contributed by atoms with Crippen LogP contribution in [0.5, 0.6) is 5.75 Å². The van der Waals surface area contributed by atoms with Crippen molar-refractivity contribution in [2.24, 2.45) is 0 Å². The van der Waals surface area contributed by atoms with Crippen molar-refractivity contribution in [1.82, 2.24) is 0 Å². The van der Waals surface area contributed by atoms with Gasteiger partial charge in [-0.2, -0.15) is 0 Å². The summed E-state index contributed by atoms with van der Waals surface area (Å²) >= 11 is 6.48. The summed E-state index contributed by atoms with van der Waals surface area (Å²) in [6, 6.07) is 13.4. The molecule has 0 saturated carbocycles. The number of hydrogen-bond donors (Lipinski definition) is 2. The second-order valence-corrected chi connectivity index (χ2v) is 7.79. The van der Waals surface area contributed by atoms with Gasteiger partial charge in [-0.15, -0.1) is 0 Å². The molecule has 2 aromatic carbocycles. The number of rotatable bonds is 9. The molecule has 2 aromatic rings. The van der Waals surface area contributed by atoms with Crippen molar-refractivity contribution in [3.05, 3.63) is 64.2 Å². The van der Waals surface area contributed by atoms with Gasteiger partial charge in [0.1, 0.15) is 12.5 Å². The summed E-state index contributed by atoms with van der Waals surface area (Å²) in [5.41, 5.74) is 2.72. The van der Waals surface area contributed by atoms with Gasteiger partial charge in [-0.3, -0.25) is 0 Å². The fourth-order valence-electron chi connectivity index (χ4n) is 3.73. The zero-order valence-electron chi connectivity index (χ0n) is 17.3. The van der Waals surface area contributed by atoms with Gasteiger partial charge in [0, 0.05) is 30.5 Å². The van der Waals surface area contributed by atoms with E-state index < -0.39 is 18.0 Å². The number of benzene rings is 2. The van der Waals surface area contributed by atoms with Crippen LogP contribution < -0.4 is 4.74 Å². The smallest absolute Gasteiger partial charge is 0.200 e. The third-order valence-electron chi connectivity index (χ3n) is 5.12. The lowest BCUT2D eigenvalue weighted by Gasteiger charge is -2.42. The van der Waals surface area contributed by atoms with Crippen LogP contribution >= 0.6 is 11.6 Å². The lowest BCUT2D eigenvalue weighted by atomic mass is 9.91. The van der Waals surface area contributed by atoms with E-state index in [4.69, 9.17) is 30.5 Å². The van der Waals surface area contributed by atoms with Gasteiger partial charge in [-0.05, 0) is 48.7 Å². The van der Waals surface area contributed by atoms with Crippen molar-refractivity contribution < 1.29 is 29.2 Å². The van der Waals surface area contributed by atoms with Crippen LogP contribution in [-0.2, 0) is 26.4 Å². The standard InChI is InChI=1S/C23H29ClO6/c1-3-28-20-7-4-16(5-8-20)10-17-11-18(6-9-22(17)24)23(29-15-27-2)13-19(26)12-21(14-25)30-23/h4-9,11,19,21,25-26H,3,10,12-15H2,1-2H3/t19?,21?,23-/m1/s1. The monoisotopic (exact) mass is 436 g/mol. The molecule has 0 radical (unpaired) electrons. The van der Waals surface area contributed by atoms with Crippen molar-refractivity contribution in [3.8, 4) is 5.75 Å². The van der Waals surface area contributed by atoms with Crippen LogP contribution in [0.25, 0.3) is 0 Å². The highest BCUT2D eigenvalue weighted by atomic mass is 35.5. The van der Waals surface area contributed by atoms with E-state index in [0.717, 1.165) is 22.4 Å². The fraction of sp³-hybridized carbons (Fsp3) is 0.478. The maximum absolute atomic E-state index is 10.4. The van der Waals surface area contributed by atoms with E-state index in [-0.39, 0.29) is 19.8 Å². The molecule has 0 bridgehead atoms. The minimum Gasteiger partial charge on any atom is -0.494 e. The Labute approximate surface area is 182 Å². The van der Waals surface area contributed by atoms with E-state index in [1.807, 2.05) is 43.3 Å². The van der Waals surface area contributed by atoms with E-state index in [2.05, 4.69) is 0 Å². The number of aliphatic hydroxyl groups is 2. The molecule has 2 unspecified atom stereocenters. The number of methoxy groups -OCH3 is 1. The highest BCUT2D eigenvalue weighted by molar-refractivity contribution is 6.31. The fourth-order valence-corrected chi connectivity index (χ4v) is 3.91. The van der Waals surface area contributed by atoms with Gasteiger partial charge in [-0.1, -0.05) is 29.8 Å². The number of ether oxygens (including phenoxy) is 4. The van der Waals surface area contributed by atoms with Crippen LogP contribution in [-0.4, -0.2) is 49.5 Å². The quantitative estimate of drug-likeness (QED) is 0.584. The van der Waals surface area contributed by atoms with Gasteiger partial charge < -0.3 is 29.2 Å². The summed E-state index contributed by atoms with van der Waals surface area (Å²) in [5, 5.41) is 20.6. The Morgan fingerprint density at radius 3 is 2.63 bits per heavy atom. The van der Waals surface area contributed by atoms with E-state index >= 15 is 0 Å². The Morgan fingerprint density at radius 1 is 1.20 bits per heavy atom. The van der Waals surface area contributed by atoms with Gasteiger partial charge >= 0.3 is 0 Å². The van der Waals surface area contributed by atoms with E-state index in [9.17, 15) is 10.2 Å². The average molecular weight is 437 g/mol. The maximum Gasteiger partial charge on any atom is 0.200 e. The molecule has 1 aliphatic heterocycles. The predicted octanol–water partition coefficient (Wildman–Crippen LogP) is 3.64. The highest BCUT2D eigenvalue weighted by Gasteiger charge is 2.44. The molecule has 0 aromatic heterocycles. The summed E-state index contributed by atoms with van der Waals surface area (Å²) in [7, 11) is 1.52. The predicted molar refractivity (Wildman–Crippen MR) is 114 cm³/mol. The molecule has 1 aliphatic rings. The lowest BCUT2D eigenvalue weighted by Crippen LogP contribution is -2.47. The van der Waals surface area contributed by atoms with E-state index in [1.165, 1.54) is 7.11 Å². The van der Waals surface area contributed by atoms with Gasteiger partial charge in [0.15, 0.2) is 5.79 Å². The highest BCUT2D eigenvalue weighted by Crippen LogP contribution is 2.40. The van der Waals surface area contributed by atoms with Crippen molar-refractivity contribution in [2.45, 2.75) is 44.2 Å². The zero-order valence-corrected chi connectivity index (χ0v) is 18.1. The Kier molecular flexibility index (Phi) is 8.11. The topological polar surface area (TPSA) is 77.4 Å². The van der Waals surface area contributed by atoms with Gasteiger partial charge in [0.25, 0.3) is 0 Å². The van der Waals surface area contributed by atoms with Crippen molar-refractivity contribution in [2.75, 3.05) is 27.1 Å². The van der Waals surface area contributed by atoms with Gasteiger partial charge in [0.05, 0.1) is 25.4 Å². The first-order chi connectivity index (χ1) is 14.5. The third kappa shape index (κ3) is 5.52. The number of hydrogen-bond acceptors (Lipinski definition) is 6. The Balaban J connectivity index is 1.90. The molecule has 3 atom stereocenters. The molecule has 164 valence electrons. The normalized spacial score (nSPS) is 24.0. The molecule has 6 nitrogen and oxygen atoms in total. The van der Waals surface area contributed by atoms with Crippen molar-refractivity contribution in [1.29, 1.82) is 0 Å². The first-order valence-electron chi connectivity index (χ1n) is 10.1. The molecule has 1 saturated heterocycles. The molecule has 0 aliphatic carbocycles. The minimum atomic E-state index is -1.22. The summed E-state index contributed by atoms with van der Waals surface area (Å²) in [5.74, 6) is -0.396. The van der Waals surface area contributed by atoms with Crippen LogP contribution in [0.4, 0.5) is 0 Å². The Hall–Kier alpha value is -1.67. The molecule has 0 spiro atoms. The largest absolute Gasteiger partial charge is 0.494 e. The molecule has 0 amide bonds. The molecule has 7 heteroatoms. The van der Waals surface area contributed by atoms with Gasteiger partial charge in [-0.25, -0.2) is 0 Å². The average Bonchev–Trinajstić information content (AvgIpc) is 2.75. The molecule has 1 heterocycles. The summed E-state index contributed by atoms with van der Waals surface area (Å²) < 4.78 is 22.6. The summed E-state index contributed by atoms with van der Waals surface area (Å²) in [6.07, 6.45) is -0.00211. The minimum absolute atomic E-state index is 0.0122. The maximum atomic E-state index is 10.4. The zero-order chi connectivity index (χ0) is 21.6. The molecular weight excluding hydrogens is 408 g/mol. The second kappa shape index (κ2) is 10.6. The van der Waals surface area contributed by atoms with Crippen LogP contribution in [0.15, 0.2) is 42.5 Å². The first kappa shape index (κ1) is 23.0. The van der Waals surface area contributed by atoms with Crippen molar-refractivity contribution >= 4 is 11.6 Å². The molecule has 2 N–H and O–H groups in total. The van der Waals surface area contributed by atoms with Crippen LogP contribution in [0, 0.1) is 0 Å². The number of halogens is 1. The lowest BCUT2D eigenvalue weighted by molar-refractivity contribution is -0.329. The summed E-state index contributed by atoms with van der Waals surface area (Å²) in [4.78, 5) is 0. The van der Waals surface area contributed by atoms with E-state index in [0.29, 0.717) is 24.5 Å². The third-order valence-corrected chi connectivity index (χ3v) is 5.49. The SMILES string of the molecule is CCOc1ccc(Cc2cc([C@@]3(OCOC)CC(O)CC(CO)O3)ccc2Cl)cc1. The van der Waals surface area contributed by atoms with Crippen LogP contribution in [0.1, 0.15) is 36.5 Å². The second-order valence-electron chi connectivity index (χ2n) is 7.38. The Bertz CT molecular complexity index is 812. The van der Waals surface area contributed by atoms with E-state index in [1.54, 1.807) is 6.07 Å². The molecule has 3 rings (SSSR count). The summed E-state index contributed by atoms with van der Waals surface area (Å²) in [6.45, 7) is 2.35.